The fourth-order valence-electron chi connectivity index (χ4n) is 3.48. The molecule has 2 aromatic rings. The molecule has 2 atom stereocenters. The van der Waals surface area contributed by atoms with Gasteiger partial charge in [-0.1, -0.05) is 24.6 Å². The van der Waals surface area contributed by atoms with E-state index in [0.717, 1.165) is 23.2 Å². The van der Waals surface area contributed by atoms with E-state index in [0.29, 0.717) is 42.8 Å². The van der Waals surface area contributed by atoms with Crippen LogP contribution in [0, 0.1) is 0 Å². The van der Waals surface area contributed by atoms with Crippen molar-refractivity contribution < 1.29 is 14.6 Å². The summed E-state index contributed by atoms with van der Waals surface area (Å²) in [6.07, 6.45) is 3.22. The largest absolute Gasteiger partial charge is 0.492 e. The van der Waals surface area contributed by atoms with E-state index in [2.05, 4.69) is 20.6 Å². The van der Waals surface area contributed by atoms with Gasteiger partial charge >= 0.3 is 6.03 Å². The Morgan fingerprint density at radius 3 is 2.87 bits per heavy atom. The Balaban J connectivity index is 1.68. The number of aliphatic hydroxyl groups is 1. The van der Waals surface area contributed by atoms with Gasteiger partial charge in [0.05, 0.1) is 36.5 Å². The Kier molecular flexibility index (Phi) is 7.92. The number of amides is 2. The molecule has 0 bridgehead atoms. The molecule has 2 unspecified atom stereocenters. The summed E-state index contributed by atoms with van der Waals surface area (Å²) in [6.45, 7) is 7.32. The van der Waals surface area contributed by atoms with Crippen molar-refractivity contribution >= 4 is 23.6 Å². The zero-order valence-electron chi connectivity index (χ0n) is 18.2. The Morgan fingerprint density at radius 1 is 1.39 bits per heavy atom. The Bertz CT molecular complexity index is 911. The van der Waals surface area contributed by atoms with Crippen LogP contribution in [0.1, 0.15) is 50.1 Å². The second-order valence-corrected chi connectivity index (χ2v) is 8.01. The van der Waals surface area contributed by atoms with Crippen molar-refractivity contribution in [3.05, 3.63) is 46.2 Å². The lowest BCUT2D eigenvalue weighted by Gasteiger charge is -2.30. The minimum absolute atomic E-state index is 0.0110. The van der Waals surface area contributed by atoms with Gasteiger partial charge in [-0.3, -0.25) is 0 Å². The minimum atomic E-state index is -0.157. The summed E-state index contributed by atoms with van der Waals surface area (Å²) in [5.74, 6) is 1.10. The van der Waals surface area contributed by atoms with Gasteiger partial charge in [0, 0.05) is 18.8 Å². The number of ether oxygens (including phenoxy) is 1. The highest BCUT2D eigenvalue weighted by atomic mass is 35.5. The van der Waals surface area contributed by atoms with E-state index >= 15 is 0 Å². The number of hydrogen-bond acceptors (Lipinski definition) is 6. The number of aliphatic hydroxyl groups excluding tert-OH is 1. The predicted octanol–water partition coefficient (Wildman–Crippen LogP) is 3.54. The molecule has 8 nitrogen and oxygen atoms in total. The average molecular weight is 448 g/mol. The zero-order chi connectivity index (χ0) is 22.4. The Labute approximate surface area is 188 Å². The van der Waals surface area contributed by atoms with E-state index in [1.165, 1.54) is 0 Å². The molecular formula is C22H30ClN5O3. The molecule has 168 valence electrons. The van der Waals surface area contributed by atoms with Crippen molar-refractivity contribution in [2.75, 3.05) is 25.1 Å². The van der Waals surface area contributed by atoms with Crippen LogP contribution in [0.2, 0.25) is 5.02 Å². The maximum atomic E-state index is 13.0. The van der Waals surface area contributed by atoms with E-state index in [9.17, 15) is 9.90 Å². The molecule has 1 aromatic carbocycles. The molecule has 1 aliphatic rings. The number of nitrogens with zero attached hydrogens (tertiary/aromatic N) is 3. The molecule has 0 saturated heterocycles. The minimum Gasteiger partial charge on any atom is -0.492 e. The first kappa shape index (κ1) is 23.1. The van der Waals surface area contributed by atoms with Crippen LogP contribution in [0.15, 0.2) is 24.4 Å². The number of anilines is 1. The number of carbonyl (C=O) groups excluding carboxylic acids is 1. The maximum Gasteiger partial charge on any atom is 0.318 e. The number of aromatic nitrogens is 2. The number of rotatable bonds is 8. The Hall–Kier alpha value is -2.58. The van der Waals surface area contributed by atoms with Crippen LogP contribution in [0.3, 0.4) is 0 Å². The highest BCUT2D eigenvalue weighted by Gasteiger charge is 2.25. The average Bonchev–Trinajstić information content (AvgIpc) is 2.78. The third-order valence-electron chi connectivity index (χ3n) is 5.25. The highest BCUT2D eigenvalue weighted by Crippen LogP contribution is 2.29. The third kappa shape index (κ3) is 5.77. The topological polar surface area (TPSA) is 99.6 Å². The van der Waals surface area contributed by atoms with E-state index in [1.807, 2.05) is 39.0 Å². The second kappa shape index (κ2) is 10.6. The van der Waals surface area contributed by atoms with Gasteiger partial charge in [-0.05, 0) is 49.9 Å². The summed E-state index contributed by atoms with van der Waals surface area (Å²) in [7, 11) is 0. The Morgan fingerprint density at radius 2 is 2.19 bits per heavy atom. The summed E-state index contributed by atoms with van der Waals surface area (Å²) >= 11 is 6.33. The maximum absolute atomic E-state index is 13.0. The van der Waals surface area contributed by atoms with Gasteiger partial charge in [0.15, 0.2) is 0 Å². The summed E-state index contributed by atoms with van der Waals surface area (Å²) in [4.78, 5) is 23.6. The molecule has 1 aliphatic heterocycles. The van der Waals surface area contributed by atoms with Crippen LogP contribution < -0.4 is 15.4 Å². The SMILES string of the molecule is CCOc1ccc(C(CC)NC(=O)N2CCc3cnc(NC(C)CO)nc3C2)cc1Cl. The van der Waals surface area contributed by atoms with Crippen LogP contribution in [0.5, 0.6) is 5.75 Å². The molecule has 9 heteroatoms. The van der Waals surface area contributed by atoms with Crippen molar-refractivity contribution in [1.82, 2.24) is 20.2 Å². The summed E-state index contributed by atoms with van der Waals surface area (Å²) in [5.41, 5.74) is 2.80. The monoisotopic (exact) mass is 447 g/mol. The van der Waals surface area contributed by atoms with Crippen LogP contribution in [-0.2, 0) is 13.0 Å². The third-order valence-corrected chi connectivity index (χ3v) is 5.54. The molecule has 2 amide bonds. The van der Waals surface area contributed by atoms with Gasteiger partial charge in [-0.15, -0.1) is 0 Å². The molecular weight excluding hydrogens is 418 g/mol. The number of halogens is 1. The van der Waals surface area contributed by atoms with Crippen LogP contribution in [0.25, 0.3) is 0 Å². The number of carbonyl (C=O) groups is 1. The number of fused-ring (bicyclic) bond motifs is 1. The first-order chi connectivity index (χ1) is 14.9. The quantitative estimate of drug-likeness (QED) is 0.572. The lowest BCUT2D eigenvalue weighted by molar-refractivity contribution is 0.187. The molecule has 1 aromatic heterocycles. The van der Waals surface area contributed by atoms with Gasteiger partial charge in [0.1, 0.15) is 5.75 Å². The fraction of sp³-hybridized carbons (Fsp3) is 0.500. The number of nitrogens with one attached hydrogen (secondary N) is 2. The standard InChI is InChI=1S/C22H30ClN5O3/c1-4-18(15-6-7-20(31-5-2)17(23)10-15)27-22(30)28-9-8-16-11-24-21(25-14(3)13-29)26-19(16)12-28/h6-7,10-11,14,18,29H,4-5,8-9,12-13H2,1-3H3,(H,27,30)(H,24,25,26). The van der Waals surface area contributed by atoms with Crippen LogP contribution >= 0.6 is 11.6 Å². The van der Waals surface area contributed by atoms with E-state index < -0.39 is 0 Å². The molecule has 0 aliphatic carbocycles. The van der Waals surface area contributed by atoms with Crippen molar-refractivity contribution in [3.63, 3.8) is 0 Å². The normalized spacial score (nSPS) is 15.1. The molecule has 3 N–H and O–H groups in total. The first-order valence-corrected chi connectivity index (χ1v) is 11.0. The molecule has 0 saturated carbocycles. The molecule has 31 heavy (non-hydrogen) atoms. The summed E-state index contributed by atoms with van der Waals surface area (Å²) in [5, 5.41) is 15.9. The molecule has 2 heterocycles. The molecule has 3 rings (SSSR count). The van der Waals surface area contributed by atoms with Gasteiger partial charge < -0.3 is 25.4 Å². The lowest BCUT2D eigenvalue weighted by Crippen LogP contribution is -2.44. The lowest BCUT2D eigenvalue weighted by atomic mass is 10.0. The van der Waals surface area contributed by atoms with Crippen LogP contribution in [0.4, 0.5) is 10.7 Å². The van der Waals surface area contributed by atoms with Crippen molar-refractivity contribution in [3.8, 4) is 5.75 Å². The molecule has 0 fully saturated rings. The van der Waals surface area contributed by atoms with E-state index in [-0.39, 0.29) is 24.7 Å². The van der Waals surface area contributed by atoms with Crippen molar-refractivity contribution in [2.24, 2.45) is 0 Å². The second-order valence-electron chi connectivity index (χ2n) is 7.60. The van der Waals surface area contributed by atoms with Gasteiger partial charge in [-0.2, -0.15) is 0 Å². The fourth-order valence-corrected chi connectivity index (χ4v) is 3.72. The van der Waals surface area contributed by atoms with Crippen LogP contribution in [-0.4, -0.2) is 51.8 Å². The molecule has 0 spiro atoms. The zero-order valence-corrected chi connectivity index (χ0v) is 18.9. The number of urea groups is 1. The summed E-state index contributed by atoms with van der Waals surface area (Å²) in [6, 6.07) is 5.18. The van der Waals surface area contributed by atoms with E-state index in [1.54, 1.807) is 11.1 Å². The number of hydrogen-bond donors (Lipinski definition) is 3. The highest BCUT2D eigenvalue weighted by molar-refractivity contribution is 6.32. The molecule has 0 radical (unpaired) electrons. The van der Waals surface area contributed by atoms with Crippen molar-refractivity contribution in [2.45, 2.75) is 52.2 Å². The smallest absolute Gasteiger partial charge is 0.318 e. The van der Waals surface area contributed by atoms with Crippen molar-refractivity contribution in [1.29, 1.82) is 0 Å². The van der Waals surface area contributed by atoms with E-state index in [4.69, 9.17) is 16.3 Å². The van der Waals surface area contributed by atoms with Gasteiger partial charge in [0.2, 0.25) is 5.95 Å². The van der Waals surface area contributed by atoms with Gasteiger partial charge in [-0.25, -0.2) is 14.8 Å². The number of benzene rings is 1. The summed E-state index contributed by atoms with van der Waals surface area (Å²) < 4.78 is 5.50. The predicted molar refractivity (Wildman–Crippen MR) is 121 cm³/mol. The van der Waals surface area contributed by atoms with Gasteiger partial charge in [0.25, 0.3) is 0 Å². The first-order valence-electron chi connectivity index (χ1n) is 10.6.